The smallest absolute Gasteiger partial charge is 0.228 e. The second-order valence-electron chi connectivity index (χ2n) is 7.03. The number of fused-ring (bicyclic) bond motifs is 1. The lowest BCUT2D eigenvalue weighted by molar-refractivity contribution is 0.153. The van der Waals surface area contributed by atoms with E-state index in [2.05, 4.69) is 26.0 Å². The Hall–Kier alpha value is -2.67. The highest BCUT2D eigenvalue weighted by molar-refractivity contribution is 9.10. The highest BCUT2D eigenvalue weighted by atomic mass is 79.9. The average molecular weight is 460 g/mol. The van der Waals surface area contributed by atoms with E-state index in [-0.39, 0.29) is 17.3 Å². The van der Waals surface area contributed by atoms with Crippen LogP contribution in [-0.4, -0.2) is 14.8 Å². The molecule has 0 saturated carbocycles. The van der Waals surface area contributed by atoms with Crippen LogP contribution in [0.4, 0.5) is 13.2 Å². The molecule has 0 atom stereocenters. The van der Waals surface area contributed by atoms with E-state index < -0.39 is 6.43 Å². The Morgan fingerprint density at radius 3 is 2.21 bits per heavy atom. The zero-order chi connectivity index (χ0) is 20.7. The van der Waals surface area contributed by atoms with Gasteiger partial charge in [-0.3, -0.25) is 0 Å². The predicted octanol–water partition coefficient (Wildman–Crippen LogP) is 7.05. The third-order valence-electron chi connectivity index (χ3n) is 4.69. The van der Waals surface area contributed by atoms with Gasteiger partial charge in [-0.05, 0) is 48.4 Å². The lowest BCUT2D eigenvalue weighted by Crippen LogP contribution is -2.00. The Kier molecular flexibility index (Phi) is 5.17. The lowest BCUT2D eigenvalue weighted by atomic mass is 10.0. The molecule has 2 heterocycles. The minimum Gasteiger partial charge on any atom is -0.228 e. The van der Waals surface area contributed by atoms with E-state index >= 15 is 0 Å². The summed E-state index contributed by atoms with van der Waals surface area (Å²) < 4.78 is 43.9. The molecule has 4 rings (SSSR count). The summed E-state index contributed by atoms with van der Waals surface area (Å²) in [4.78, 5) is 4.68. The van der Waals surface area contributed by atoms with Crippen LogP contribution in [0.15, 0.2) is 59.1 Å². The van der Waals surface area contributed by atoms with Gasteiger partial charge in [0, 0.05) is 15.6 Å². The molecule has 7 heteroatoms. The van der Waals surface area contributed by atoms with Crippen LogP contribution in [0.3, 0.4) is 0 Å². The number of alkyl halides is 2. The molecule has 2 aromatic carbocycles. The van der Waals surface area contributed by atoms with E-state index in [0.29, 0.717) is 28.1 Å². The van der Waals surface area contributed by atoms with E-state index in [0.717, 1.165) is 10.0 Å². The van der Waals surface area contributed by atoms with Crippen molar-refractivity contribution in [2.75, 3.05) is 0 Å². The zero-order valence-corrected chi connectivity index (χ0v) is 17.3. The van der Waals surface area contributed by atoms with Crippen molar-refractivity contribution in [3.8, 4) is 16.9 Å². The van der Waals surface area contributed by atoms with Gasteiger partial charge in [0.15, 0.2) is 5.65 Å². The highest BCUT2D eigenvalue weighted by Crippen LogP contribution is 2.36. The Bertz CT molecular complexity index is 1170. The van der Waals surface area contributed by atoms with Crippen molar-refractivity contribution >= 4 is 27.0 Å². The molecule has 0 aliphatic rings. The fourth-order valence-corrected chi connectivity index (χ4v) is 3.54. The molecule has 0 spiro atoms. The second kappa shape index (κ2) is 7.63. The molecule has 0 amide bonds. The summed E-state index contributed by atoms with van der Waals surface area (Å²) in [6.07, 6.45) is -2.68. The summed E-state index contributed by atoms with van der Waals surface area (Å²) >= 11 is 3.38. The molecule has 4 aromatic rings. The summed E-state index contributed by atoms with van der Waals surface area (Å²) in [7, 11) is 0. The highest BCUT2D eigenvalue weighted by Gasteiger charge is 2.24. The molecule has 0 bridgehead atoms. The first kappa shape index (κ1) is 19.6. The van der Waals surface area contributed by atoms with Crippen molar-refractivity contribution in [2.45, 2.75) is 26.2 Å². The maximum atomic E-state index is 14.0. The van der Waals surface area contributed by atoms with Gasteiger partial charge in [0.1, 0.15) is 5.82 Å². The zero-order valence-electron chi connectivity index (χ0n) is 15.7. The van der Waals surface area contributed by atoms with Crippen LogP contribution in [-0.2, 0) is 0 Å². The summed E-state index contributed by atoms with van der Waals surface area (Å²) in [6.45, 7) is 3.79. The first-order valence-electron chi connectivity index (χ1n) is 9.08. The molecule has 29 heavy (non-hydrogen) atoms. The number of aromatic nitrogens is 3. The first-order chi connectivity index (χ1) is 13.8. The Morgan fingerprint density at radius 2 is 1.62 bits per heavy atom. The molecule has 148 valence electrons. The van der Waals surface area contributed by atoms with E-state index in [1.807, 2.05) is 38.1 Å². The summed E-state index contributed by atoms with van der Waals surface area (Å²) in [6, 6.07) is 14.5. The van der Waals surface area contributed by atoms with Crippen molar-refractivity contribution < 1.29 is 13.2 Å². The molecule has 0 aliphatic carbocycles. The van der Waals surface area contributed by atoms with Crippen LogP contribution in [0.5, 0.6) is 0 Å². The minimum atomic E-state index is -2.68. The van der Waals surface area contributed by atoms with Gasteiger partial charge in [-0.15, -0.1) is 0 Å². The number of hydrogen-bond acceptors (Lipinski definition) is 2. The monoisotopic (exact) mass is 459 g/mol. The fourth-order valence-electron chi connectivity index (χ4n) is 3.28. The molecule has 0 unspecified atom stereocenters. The molecule has 0 radical (unpaired) electrons. The van der Waals surface area contributed by atoms with Gasteiger partial charge in [0.05, 0.1) is 22.5 Å². The van der Waals surface area contributed by atoms with Crippen LogP contribution in [0, 0.1) is 5.82 Å². The van der Waals surface area contributed by atoms with Gasteiger partial charge in [0.2, 0.25) is 0 Å². The number of halogens is 4. The molecule has 0 N–H and O–H groups in total. The molecular weight excluding hydrogens is 443 g/mol. The fraction of sp³-hybridized carbons (Fsp3) is 0.182. The van der Waals surface area contributed by atoms with Crippen LogP contribution < -0.4 is 0 Å². The van der Waals surface area contributed by atoms with Crippen molar-refractivity contribution in [2.24, 2.45) is 0 Å². The first-order valence-corrected chi connectivity index (χ1v) is 9.88. The van der Waals surface area contributed by atoms with Gasteiger partial charge >= 0.3 is 0 Å². The van der Waals surface area contributed by atoms with E-state index in [9.17, 15) is 13.2 Å². The van der Waals surface area contributed by atoms with Crippen LogP contribution >= 0.6 is 15.9 Å². The number of rotatable bonds is 4. The lowest BCUT2D eigenvalue weighted by Gasteiger charge is -2.10. The molecular formula is C22H17BrF3N3. The predicted molar refractivity (Wildman–Crippen MR) is 111 cm³/mol. The number of benzene rings is 2. The molecule has 3 nitrogen and oxygen atoms in total. The topological polar surface area (TPSA) is 30.7 Å². The van der Waals surface area contributed by atoms with Gasteiger partial charge < -0.3 is 0 Å². The van der Waals surface area contributed by atoms with E-state index in [1.54, 1.807) is 12.1 Å². The molecule has 0 saturated heterocycles. The van der Waals surface area contributed by atoms with Crippen molar-refractivity contribution in [1.29, 1.82) is 0 Å². The Labute approximate surface area is 174 Å². The number of hydrogen-bond donors (Lipinski definition) is 0. The van der Waals surface area contributed by atoms with Crippen LogP contribution in [0.2, 0.25) is 0 Å². The summed E-state index contributed by atoms with van der Waals surface area (Å²) in [5.41, 5.74) is 2.47. The maximum Gasteiger partial charge on any atom is 0.264 e. The van der Waals surface area contributed by atoms with Crippen molar-refractivity contribution in [3.05, 3.63) is 76.1 Å². The molecule has 2 aromatic heterocycles. The molecule has 0 fully saturated rings. The van der Waals surface area contributed by atoms with Crippen molar-refractivity contribution in [3.63, 3.8) is 0 Å². The van der Waals surface area contributed by atoms with Crippen LogP contribution in [0.1, 0.15) is 37.4 Å². The second-order valence-corrected chi connectivity index (χ2v) is 7.95. The Morgan fingerprint density at radius 1 is 0.966 bits per heavy atom. The Balaban J connectivity index is 2.05. The number of nitrogens with zero attached hydrogens (tertiary/aromatic N) is 3. The normalized spacial score (nSPS) is 11.7. The van der Waals surface area contributed by atoms with Crippen molar-refractivity contribution in [1.82, 2.24) is 14.8 Å². The third-order valence-corrected chi connectivity index (χ3v) is 5.22. The number of pyridine rings is 1. The van der Waals surface area contributed by atoms with Gasteiger partial charge in [-0.1, -0.05) is 41.9 Å². The minimum absolute atomic E-state index is 0.0861. The van der Waals surface area contributed by atoms with E-state index in [4.69, 9.17) is 0 Å². The largest absolute Gasteiger partial charge is 0.264 e. The average Bonchev–Trinajstić information content (AvgIpc) is 3.08. The summed E-state index contributed by atoms with van der Waals surface area (Å²) in [5, 5.41) is 4.92. The van der Waals surface area contributed by atoms with Gasteiger partial charge in [0.25, 0.3) is 6.43 Å². The SMILES string of the molecule is CC(C)c1nn(-c2ccc(F)cc2)c2nc(-c3ccc(Br)cc3)cc(C(F)F)c12. The van der Waals surface area contributed by atoms with Gasteiger partial charge in [-0.25, -0.2) is 22.8 Å². The van der Waals surface area contributed by atoms with E-state index in [1.165, 1.54) is 22.9 Å². The maximum absolute atomic E-state index is 14.0. The third kappa shape index (κ3) is 3.67. The quantitative estimate of drug-likeness (QED) is 0.327. The van der Waals surface area contributed by atoms with Crippen LogP contribution in [0.25, 0.3) is 28.0 Å². The standard InChI is InChI=1S/C22H17BrF3N3/c1-12(2)20-19-17(21(25)26)11-18(13-3-5-14(23)6-4-13)27-22(19)29(28-20)16-9-7-15(24)8-10-16/h3-12,21H,1-2H3. The summed E-state index contributed by atoms with van der Waals surface area (Å²) in [5.74, 6) is -0.469. The molecule has 0 aliphatic heterocycles. The van der Waals surface area contributed by atoms with Gasteiger partial charge in [-0.2, -0.15) is 5.10 Å².